The monoisotopic (exact) mass is 208 g/mol. The molecule has 0 spiro atoms. The largest absolute Gasteiger partial charge is 0.389 e. The van der Waals surface area contributed by atoms with Crippen molar-refractivity contribution in [3.63, 3.8) is 0 Å². The molecule has 0 fully saturated rings. The van der Waals surface area contributed by atoms with E-state index in [0.717, 1.165) is 24.3 Å². The molecular formula is C12H13ClO. The molecule has 0 saturated carbocycles. The van der Waals surface area contributed by atoms with Crippen LogP contribution >= 0.6 is 11.6 Å². The van der Waals surface area contributed by atoms with E-state index < -0.39 is 0 Å². The van der Waals surface area contributed by atoms with Gasteiger partial charge in [-0.1, -0.05) is 29.8 Å². The molecule has 74 valence electrons. The quantitative estimate of drug-likeness (QED) is 0.751. The number of aliphatic hydroxyl groups excluding tert-OH is 1. The normalized spacial score (nSPS) is 21.9. The lowest BCUT2D eigenvalue weighted by Crippen LogP contribution is -2.08. The van der Waals surface area contributed by atoms with E-state index in [-0.39, 0.29) is 6.10 Å². The third-order valence-electron chi connectivity index (χ3n) is 2.55. The lowest BCUT2D eigenvalue weighted by molar-refractivity contribution is 0.206. The average molecular weight is 209 g/mol. The third kappa shape index (κ3) is 2.17. The first kappa shape index (κ1) is 9.75. The van der Waals surface area contributed by atoms with E-state index >= 15 is 0 Å². The van der Waals surface area contributed by atoms with E-state index in [1.807, 2.05) is 30.3 Å². The fraction of sp³-hybridized carbons (Fsp3) is 0.333. The Bertz CT molecular complexity index is 340. The summed E-state index contributed by atoms with van der Waals surface area (Å²) in [6, 6.07) is 7.79. The predicted molar refractivity (Wildman–Crippen MR) is 59.3 cm³/mol. The standard InChI is InChI=1S/C12H13ClO/c13-11-6-4-9(5-7-11)10-2-1-3-12(14)8-10/h4-8,12,14H,1-3H2. The van der Waals surface area contributed by atoms with E-state index in [2.05, 4.69) is 0 Å². The van der Waals surface area contributed by atoms with E-state index in [4.69, 9.17) is 11.6 Å². The lowest BCUT2D eigenvalue weighted by atomic mass is 9.92. The molecule has 1 unspecified atom stereocenters. The zero-order chi connectivity index (χ0) is 9.97. The molecule has 1 aromatic rings. The number of aliphatic hydroxyl groups is 1. The maximum Gasteiger partial charge on any atom is 0.0726 e. The Morgan fingerprint density at radius 1 is 1.21 bits per heavy atom. The van der Waals surface area contributed by atoms with E-state index in [9.17, 15) is 5.11 Å². The molecule has 0 amide bonds. The first-order valence-electron chi connectivity index (χ1n) is 4.90. The molecule has 0 radical (unpaired) electrons. The molecule has 14 heavy (non-hydrogen) atoms. The summed E-state index contributed by atoms with van der Waals surface area (Å²) in [4.78, 5) is 0. The van der Waals surface area contributed by atoms with Crippen LogP contribution in [0.15, 0.2) is 30.3 Å². The SMILES string of the molecule is OC1C=C(c2ccc(Cl)cc2)CCC1. The van der Waals surface area contributed by atoms with Crippen molar-refractivity contribution in [1.82, 2.24) is 0 Å². The fourth-order valence-electron chi connectivity index (χ4n) is 1.81. The Labute approximate surface area is 89.0 Å². The lowest BCUT2D eigenvalue weighted by Gasteiger charge is -2.17. The molecule has 0 heterocycles. The van der Waals surface area contributed by atoms with Gasteiger partial charge in [-0.15, -0.1) is 0 Å². The third-order valence-corrected chi connectivity index (χ3v) is 2.81. The molecule has 1 aliphatic rings. The molecule has 1 N–H and O–H groups in total. The van der Waals surface area contributed by atoms with Crippen LogP contribution in [0.5, 0.6) is 0 Å². The van der Waals surface area contributed by atoms with E-state index in [1.54, 1.807) is 0 Å². The highest BCUT2D eigenvalue weighted by Crippen LogP contribution is 2.27. The van der Waals surface area contributed by atoms with Crippen LogP contribution in [0.2, 0.25) is 5.02 Å². The summed E-state index contributed by atoms with van der Waals surface area (Å²) in [7, 11) is 0. The Morgan fingerprint density at radius 3 is 2.57 bits per heavy atom. The van der Waals surface area contributed by atoms with Gasteiger partial charge in [-0.25, -0.2) is 0 Å². The molecule has 0 aromatic heterocycles. The van der Waals surface area contributed by atoms with Crippen molar-refractivity contribution in [2.75, 3.05) is 0 Å². The number of rotatable bonds is 1. The van der Waals surface area contributed by atoms with Gasteiger partial charge in [0.05, 0.1) is 6.10 Å². The van der Waals surface area contributed by atoms with Crippen molar-refractivity contribution < 1.29 is 5.11 Å². The molecule has 1 nitrogen and oxygen atoms in total. The van der Waals surface area contributed by atoms with Crippen LogP contribution < -0.4 is 0 Å². The highest BCUT2D eigenvalue weighted by molar-refractivity contribution is 6.30. The van der Waals surface area contributed by atoms with Crippen molar-refractivity contribution in [2.24, 2.45) is 0 Å². The minimum atomic E-state index is -0.269. The Morgan fingerprint density at radius 2 is 1.93 bits per heavy atom. The highest BCUT2D eigenvalue weighted by atomic mass is 35.5. The van der Waals surface area contributed by atoms with Crippen molar-refractivity contribution >= 4 is 17.2 Å². The van der Waals surface area contributed by atoms with Crippen molar-refractivity contribution in [3.8, 4) is 0 Å². The number of hydrogen-bond acceptors (Lipinski definition) is 1. The predicted octanol–water partition coefficient (Wildman–Crippen LogP) is 3.27. The number of benzene rings is 1. The smallest absolute Gasteiger partial charge is 0.0726 e. The van der Waals surface area contributed by atoms with Gasteiger partial charge in [0.15, 0.2) is 0 Å². The van der Waals surface area contributed by atoms with Crippen LogP contribution in [0.25, 0.3) is 5.57 Å². The van der Waals surface area contributed by atoms with Crippen LogP contribution in [0.4, 0.5) is 0 Å². The second-order valence-corrected chi connectivity index (χ2v) is 4.09. The van der Waals surface area contributed by atoms with Crippen molar-refractivity contribution in [1.29, 1.82) is 0 Å². The Balaban J connectivity index is 2.26. The van der Waals surface area contributed by atoms with Gasteiger partial charge < -0.3 is 5.11 Å². The van der Waals surface area contributed by atoms with Gasteiger partial charge in [0.2, 0.25) is 0 Å². The summed E-state index contributed by atoms with van der Waals surface area (Å²) in [5, 5.41) is 10.2. The first-order valence-corrected chi connectivity index (χ1v) is 5.28. The zero-order valence-corrected chi connectivity index (χ0v) is 8.67. The summed E-state index contributed by atoms with van der Waals surface area (Å²) >= 11 is 5.81. The molecule has 1 aliphatic carbocycles. The van der Waals surface area contributed by atoms with Crippen molar-refractivity contribution in [3.05, 3.63) is 40.9 Å². The van der Waals surface area contributed by atoms with Gasteiger partial charge >= 0.3 is 0 Å². The molecule has 1 atom stereocenters. The van der Waals surface area contributed by atoms with Crippen LogP contribution in [-0.2, 0) is 0 Å². The van der Waals surface area contributed by atoms with Crippen LogP contribution in [0.1, 0.15) is 24.8 Å². The van der Waals surface area contributed by atoms with Crippen molar-refractivity contribution in [2.45, 2.75) is 25.4 Å². The van der Waals surface area contributed by atoms with Crippen LogP contribution in [0, 0.1) is 0 Å². The second-order valence-electron chi connectivity index (χ2n) is 3.66. The van der Waals surface area contributed by atoms with Crippen LogP contribution in [0.3, 0.4) is 0 Å². The molecule has 2 rings (SSSR count). The summed E-state index contributed by atoms with van der Waals surface area (Å²) in [5.41, 5.74) is 2.41. The minimum absolute atomic E-state index is 0.269. The number of allylic oxidation sites excluding steroid dienone is 1. The summed E-state index contributed by atoms with van der Waals surface area (Å²) < 4.78 is 0. The molecule has 1 aromatic carbocycles. The minimum Gasteiger partial charge on any atom is -0.389 e. The molecular weight excluding hydrogens is 196 g/mol. The zero-order valence-electron chi connectivity index (χ0n) is 7.91. The van der Waals surface area contributed by atoms with Gasteiger partial charge in [0.1, 0.15) is 0 Å². The maximum absolute atomic E-state index is 9.49. The molecule has 2 heteroatoms. The summed E-state index contributed by atoms with van der Waals surface area (Å²) in [5.74, 6) is 0. The maximum atomic E-state index is 9.49. The summed E-state index contributed by atoms with van der Waals surface area (Å²) in [6.45, 7) is 0. The van der Waals surface area contributed by atoms with Crippen LogP contribution in [-0.4, -0.2) is 11.2 Å². The van der Waals surface area contributed by atoms with Gasteiger partial charge in [-0.3, -0.25) is 0 Å². The Kier molecular flexibility index (Phi) is 2.90. The van der Waals surface area contributed by atoms with Gasteiger partial charge in [0.25, 0.3) is 0 Å². The molecule has 0 saturated heterocycles. The topological polar surface area (TPSA) is 20.2 Å². The van der Waals surface area contributed by atoms with E-state index in [0.29, 0.717) is 0 Å². The average Bonchev–Trinajstić information content (AvgIpc) is 2.19. The highest BCUT2D eigenvalue weighted by Gasteiger charge is 2.11. The number of halogens is 1. The second kappa shape index (κ2) is 4.16. The molecule has 0 bridgehead atoms. The number of hydrogen-bond donors (Lipinski definition) is 1. The van der Waals surface area contributed by atoms with Gasteiger partial charge in [-0.05, 0) is 42.5 Å². The molecule has 0 aliphatic heterocycles. The van der Waals surface area contributed by atoms with Gasteiger partial charge in [0, 0.05) is 5.02 Å². The first-order chi connectivity index (χ1) is 6.75. The summed E-state index contributed by atoms with van der Waals surface area (Å²) in [6.07, 6.45) is 4.69. The van der Waals surface area contributed by atoms with Gasteiger partial charge in [-0.2, -0.15) is 0 Å². The Hall–Kier alpha value is -0.790. The van der Waals surface area contributed by atoms with E-state index in [1.165, 1.54) is 11.1 Å². The fourth-order valence-corrected chi connectivity index (χ4v) is 1.93.